The van der Waals surface area contributed by atoms with Crippen LogP contribution in [0.2, 0.25) is 0 Å². The molecule has 1 N–H and O–H groups in total. The monoisotopic (exact) mass is 201 g/mol. The summed E-state index contributed by atoms with van der Waals surface area (Å²) >= 11 is 0. The van der Waals surface area contributed by atoms with Crippen molar-refractivity contribution in [2.24, 2.45) is 5.92 Å². The molecule has 0 unspecified atom stereocenters. The zero-order valence-corrected chi connectivity index (χ0v) is 9.75. The average Bonchev–Trinajstić information content (AvgIpc) is 2.21. The van der Waals surface area contributed by atoms with Gasteiger partial charge >= 0.3 is 0 Å². The second-order valence-corrected chi connectivity index (χ2v) is 3.98. The molecule has 0 aliphatic heterocycles. The molecule has 0 bridgehead atoms. The summed E-state index contributed by atoms with van der Waals surface area (Å²) in [6.45, 7) is 10.2. The van der Waals surface area contributed by atoms with Crippen molar-refractivity contribution in [2.75, 3.05) is 5.32 Å². The van der Waals surface area contributed by atoms with Crippen LogP contribution in [0.15, 0.2) is 42.6 Å². The van der Waals surface area contributed by atoms with E-state index in [-0.39, 0.29) is 0 Å². The van der Waals surface area contributed by atoms with E-state index >= 15 is 0 Å². The molecule has 0 amide bonds. The number of benzene rings is 1. The molecule has 0 spiro atoms. The van der Waals surface area contributed by atoms with E-state index in [1.165, 1.54) is 11.1 Å². The molecule has 0 aliphatic carbocycles. The van der Waals surface area contributed by atoms with Crippen LogP contribution in [0, 0.1) is 5.92 Å². The minimum Gasteiger partial charge on any atom is -0.362 e. The van der Waals surface area contributed by atoms with Crippen LogP contribution in [-0.2, 0) is 0 Å². The number of hydrogen-bond acceptors (Lipinski definition) is 1. The highest BCUT2D eigenvalue weighted by atomic mass is 14.8. The smallest absolute Gasteiger partial charge is 0.0453 e. The molecule has 1 aromatic rings. The maximum atomic E-state index is 3.68. The highest BCUT2D eigenvalue weighted by molar-refractivity contribution is 5.68. The van der Waals surface area contributed by atoms with Crippen molar-refractivity contribution in [2.45, 2.75) is 20.8 Å². The summed E-state index contributed by atoms with van der Waals surface area (Å²) < 4.78 is 0. The van der Waals surface area contributed by atoms with Crippen LogP contribution < -0.4 is 5.32 Å². The first-order valence-corrected chi connectivity index (χ1v) is 5.29. The van der Waals surface area contributed by atoms with Crippen LogP contribution >= 0.6 is 0 Å². The van der Waals surface area contributed by atoms with E-state index in [4.69, 9.17) is 0 Å². The Morgan fingerprint density at radius 3 is 2.60 bits per heavy atom. The van der Waals surface area contributed by atoms with Crippen molar-refractivity contribution in [3.8, 4) is 0 Å². The molecule has 0 aromatic heterocycles. The molecule has 1 nitrogen and oxygen atoms in total. The lowest BCUT2D eigenvalue weighted by Crippen LogP contribution is -1.92. The number of para-hydroxylation sites is 1. The molecule has 1 aromatic carbocycles. The lowest BCUT2D eigenvalue weighted by molar-refractivity contribution is 0.776. The number of hydrogen-bond donors (Lipinski definition) is 1. The summed E-state index contributed by atoms with van der Waals surface area (Å²) in [7, 11) is 0. The van der Waals surface area contributed by atoms with E-state index in [1.54, 1.807) is 6.20 Å². The minimum atomic E-state index is 0.585. The zero-order valence-electron chi connectivity index (χ0n) is 9.75. The molecule has 0 aliphatic rings. The molecule has 80 valence electrons. The van der Waals surface area contributed by atoms with Crippen LogP contribution in [0.3, 0.4) is 0 Å². The van der Waals surface area contributed by atoms with Gasteiger partial charge in [-0.25, -0.2) is 0 Å². The molecular weight excluding hydrogens is 182 g/mol. The maximum Gasteiger partial charge on any atom is 0.0453 e. The molecule has 0 saturated heterocycles. The van der Waals surface area contributed by atoms with E-state index in [9.17, 15) is 0 Å². The zero-order chi connectivity index (χ0) is 11.3. The first kappa shape index (κ1) is 11.6. The lowest BCUT2D eigenvalue weighted by Gasteiger charge is -2.09. The second-order valence-electron chi connectivity index (χ2n) is 3.98. The number of anilines is 1. The number of allylic oxidation sites excluding steroid dienone is 1. The molecule has 0 saturated carbocycles. The van der Waals surface area contributed by atoms with E-state index < -0.39 is 0 Å². The fourth-order valence-electron chi connectivity index (χ4n) is 1.28. The van der Waals surface area contributed by atoms with Gasteiger partial charge in [-0.15, -0.1) is 0 Å². The Morgan fingerprint density at radius 2 is 2.00 bits per heavy atom. The number of nitrogens with one attached hydrogen (secondary N) is 1. The third kappa shape index (κ3) is 3.28. The molecule has 0 radical (unpaired) electrons. The second kappa shape index (κ2) is 5.40. The minimum absolute atomic E-state index is 0.585. The van der Waals surface area contributed by atoms with Gasteiger partial charge in [-0.1, -0.05) is 50.3 Å². The van der Waals surface area contributed by atoms with Gasteiger partial charge in [-0.2, -0.15) is 0 Å². The Kier molecular flexibility index (Phi) is 4.17. The van der Waals surface area contributed by atoms with Crippen molar-refractivity contribution in [1.29, 1.82) is 0 Å². The van der Waals surface area contributed by atoms with Gasteiger partial charge < -0.3 is 5.32 Å². The van der Waals surface area contributed by atoms with Crippen LogP contribution in [0.25, 0.3) is 6.08 Å². The van der Waals surface area contributed by atoms with Crippen molar-refractivity contribution >= 4 is 11.8 Å². The normalized spacial score (nSPS) is 11.6. The Morgan fingerprint density at radius 1 is 1.33 bits per heavy atom. The summed E-state index contributed by atoms with van der Waals surface area (Å²) in [4.78, 5) is 0. The first-order chi connectivity index (χ1) is 7.15. The van der Waals surface area contributed by atoms with Gasteiger partial charge in [0.1, 0.15) is 0 Å². The summed E-state index contributed by atoms with van der Waals surface area (Å²) in [6.07, 6.45) is 3.92. The summed E-state index contributed by atoms with van der Waals surface area (Å²) in [5, 5.41) is 3.14. The van der Waals surface area contributed by atoms with E-state index in [2.05, 4.69) is 50.9 Å². The molecule has 15 heavy (non-hydrogen) atoms. The topological polar surface area (TPSA) is 12.0 Å². The van der Waals surface area contributed by atoms with E-state index in [0.29, 0.717) is 5.92 Å². The van der Waals surface area contributed by atoms with Crippen molar-refractivity contribution in [3.63, 3.8) is 0 Å². The van der Waals surface area contributed by atoms with Gasteiger partial charge in [-0.05, 0) is 30.7 Å². The Balaban J connectivity index is 3.02. The summed E-state index contributed by atoms with van der Waals surface area (Å²) in [6, 6.07) is 8.24. The number of rotatable bonds is 4. The van der Waals surface area contributed by atoms with Gasteiger partial charge in [-0.3, -0.25) is 0 Å². The predicted octanol–water partition coefficient (Wildman–Crippen LogP) is 4.30. The van der Waals surface area contributed by atoms with Crippen LogP contribution in [0.1, 0.15) is 26.3 Å². The summed E-state index contributed by atoms with van der Waals surface area (Å²) in [5.74, 6) is 0.585. The van der Waals surface area contributed by atoms with Gasteiger partial charge in [0, 0.05) is 5.69 Å². The molecule has 0 heterocycles. The standard InChI is InChI=1S/C14H19N/c1-5-15-14-9-7-6-8-13(14)10-12(4)11(2)3/h5-11,15H,1H2,2-4H3/b12-10+. The third-order valence-corrected chi connectivity index (χ3v) is 2.51. The lowest BCUT2D eigenvalue weighted by atomic mass is 10.0. The third-order valence-electron chi connectivity index (χ3n) is 2.51. The van der Waals surface area contributed by atoms with Crippen LogP contribution in [0.4, 0.5) is 5.69 Å². The predicted molar refractivity (Wildman–Crippen MR) is 68.8 cm³/mol. The quantitative estimate of drug-likeness (QED) is 0.765. The van der Waals surface area contributed by atoms with E-state index in [1.807, 2.05) is 12.1 Å². The first-order valence-electron chi connectivity index (χ1n) is 5.29. The molecule has 0 fully saturated rings. The highest BCUT2D eigenvalue weighted by Crippen LogP contribution is 2.20. The fraction of sp³-hybridized carbons (Fsp3) is 0.286. The molecular formula is C14H19N. The average molecular weight is 201 g/mol. The van der Waals surface area contributed by atoms with Crippen molar-refractivity contribution < 1.29 is 0 Å². The molecule has 1 heteroatoms. The van der Waals surface area contributed by atoms with Crippen LogP contribution in [0.5, 0.6) is 0 Å². The molecule has 1 rings (SSSR count). The SMILES string of the molecule is C=CNc1ccccc1/C=C(\C)C(C)C. The largest absolute Gasteiger partial charge is 0.362 e. The van der Waals surface area contributed by atoms with Crippen LogP contribution in [-0.4, -0.2) is 0 Å². The van der Waals surface area contributed by atoms with Gasteiger partial charge in [0.15, 0.2) is 0 Å². The summed E-state index contributed by atoms with van der Waals surface area (Å²) in [5.41, 5.74) is 3.70. The Bertz CT molecular complexity index is 361. The van der Waals surface area contributed by atoms with Gasteiger partial charge in [0.2, 0.25) is 0 Å². The van der Waals surface area contributed by atoms with Gasteiger partial charge in [0.05, 0.1) is 0 Å². The van der Waals surface area contributed by atoms with Crippen molar-refractivity contribution in [3.05, 3.63) is 48.2 Å². The maximum absolute atomic E-state index is 3.68. The highest BCUT2D eigenvalue weighted by Gasteiger charge is 2.00. The Hall–Kier alpha value is -1.50. The fourth-order valence-corrected chi connectivity index (χ4v) is 1.28. The van der Waals surface area contributed by atoms with E-state index in [0.717, 1.165) is 5.69 Å². The van der Waals surface area contributed by atoms with Crippen molar-refractivity contribution in [1.82, 2.24) is 0 Å². The molecule has 0 atom stereocenters. The van der Waals surface area contributed by atoms with Gasteiger partial charge in [0.25, 0.3) is 0 Å². The Labute approximate surface area is 92.5 Å².